The predicted molar refractivity (Wildman–Crippen MR) is 87.9 cm³/mol. The minimum Gasteiger partial charge on any atom is -0.352 e. The molecular formula is C17H20F3N5O. The van der Waals surface area contributed by atoms with Gasteiger partial charge in [-0.1, -0.05) is 37.8 Å². The second-order valence-corrected chi connectivity index (χ2v) is 6.47. The maximum absolute atomic E-state index is 12.6. The maximum Gasteiger partial charge on any atom is 0.416 e. The summed E-state index contributed by atoms with van der Waals surface area (Å²) in [5, 5.41) is 14.7. The molecule has 26 heavy (non-hydrogen) atoms. The summed E-state index contributed by atoms with van der Waals surface area (Å²) in [5.41, 5.74) is -0.329. The Morgan fingerprint density at radius 1 is 1.12 bits per heavy atom. The molecule has 1 aromatic heterocycles. The van der Waals surface area contributed by atoms with Gasteiger partial charge in [0.1, 0.15) is 6.54 Å². The number of aromatic nitrogens is 4. The molecule has 0 bridgehead atoms. The zero-order valence-electron chi connectivity index (χ0n) is 14.2. The molecule has 9 heteroatoms. The zero-order valence-corrected chi connectivity index (χ0v) is 14.2. The van der Waals surface area contributed by atoms with E-state index in [4.69, 9.17) is 0 Å². The van der Waals surface area contributed by atoms with Crippen LogP contribution in [0.15, 0.2) is 24.3 Å². The number of rotatable bonds is 4. The summed E-state index contributed by atoms with van der Waals surface area (Å²) in [4.78, 5) is 13.3. The minimum absolute atomic E-state index is 0.0653. The molecule has 0 radical (unpaired) electrons. The number of carbonyl (C=O) groups is 1. The van der Waals surface area contributed by atoms with E-state index in [9.17, 15) is 18.0 Å². The molecular weight excluding hydrogens is 347 g/mol. The Morgan fingerprint density at radius 3 is 2.38 bits per heavy atom. The minimum atomic E-state index is -4.39. The molecule has 1 aliphatic rings. The van der Waals surface area contributed by atoms with Crippen molar-refractivity contribution in [3.05, 3.63) is 29.8 Å². The van der Waals surface area contributed by atoms with Gasteiger partial charge in [-0.05, 0) is 30.2 Å². The predicted octanol–water partition coefficient (Wildman–Crippen LogP) is 3.20. The van der Waals surface area contributed by atoms with Gasteiger partial charge < -0.3 is 5.32 Å². The van der Waals surface area contributed by atoms with E-state index >= 15 is 0 Å². The van der Waals surface area contributed by atoms with Crippen molar-refractivity contribution in [2.45, 2.75) is 57.3 Å². The molecule has 1 aromatic carbocycles. The van der Waals surface area contributed by atoms with E-state index in [-0.39, 0.29) is 24.3 Å². The second-order valence-electron chi connectivity index (χ2n) is 6.47. The van der Waals surface area contributed by atoms with Crippen molar-refractivity contribution in [3.63, 3.8) is 0 Å². The fourth-order valence-corrected chi connectivity index (χ4v) is 3.06. The van der Waals surface area contributed by atoms with Crippen molar-refractivity contribution < 1.29 is 18.0 Å². The molecule has 1 saturated carbocycles. The number of amides is 1. The van der Waals surface area contributed by atoms with Crippen LogP contribution in [0.25, 0.3) is 11.4 Å². The number of carbonyl (C=O) groups excluding carboxylic acids is 1. The van der Waals surface area contributed by atoms with Gasteiger partial charge in [0.15, 0.2) is 0 Å². The molecule has 140 valence electrons. The zero-order chi connectivity index (χ0) is 18.6. The Labute approximate surface area is 148 Å². The van der Waals surface area contributed by atoms with Crippen molar-refractivity contribution in [2.24, 2.45) is 0 Å². The lowest BCUT2D eigenvalue weighted by Gasteiger charge is -2.15. The molecule has 0 unspecified atom stereocenters. The largest absolute Gasteiger partial charge is 0.416 e. The molecule has 0 saturated heterocycles. The number of hydrogen-bond donors (Lipinski definition) is 1. The Kier molecular flexibility index (Phi) is 5.53. The van der Waals surface area contributed by atoms with Crippen LogP contribution in [0.5, 0.6) is 0 Å². The van der Waals surface area contributed by atoms with Gasteiger partial charge in [-0.25, -0.2) is 0 Å². The first-order valence-corrected chi connectivity index (χ1v) is 8.66. The van der Waals surface area contributed by atoms with Crippen molar-refractivity contribution in [2.75, 3.05) is 0 Å². The summed E-state index contributed by atoms with van der Waals surface area (Å²) in [6.07, 6.45) is 2.20. The van der Waals surface area contributed by atoms with E-state index < -0.39 is 11.7 Å². The highest BCUT2D eigenvalue weighted by Crippen LogP contribution is 2.30. The summed E-state index contributed by atoms with van der Waals surface area (Å²) in [6.45, 7) is -0.0653. The second kappa shape index (κ2) is 7.84. The Morgan fingerprint density at radius 2 is 1.77 bits per heavy atom. The number of tetrazole rings is 1. The van der Waals surface area contributed by atoms with Gasteiger partial charge in [0.2, 0.25) is 11.7 Å². The number of hydrogen-bond acceptors (Lipinski definition) is 4. The highest BCUT2D eigenvalue weighted by atomic mass is 19.4. The van der Waals surface area contributed by atoms with Crippen molar-refractivity contribution in [1.82, 2.24) is 25.5 Å². The lowest BCUT2D eigenvalue weighted by atomic mass is 10.1. The van der Waals surface area contributed by atoms with Crippen LogP contribution >= 0.6 is 0 Å². The molecule has 2 aromatic rings. The average molecular weight is 367 g/mol. The Hall–Kier alpha value is -2.45. The van der Waals surface area contributed by atoms with Crippen LogP contribution in [0.4, 0.5) is 13.2 Å². The van der Waals surface area contributed by atoms with Gasteiger partial charge in [0, 0.05) is 11.6 Å². The standard InChI is InChI=1S/C17H20F3N5O/c18-17(19,20)13-9-7-12(8-10-13)16-22-24-25(23-16)11-15(26)21-14-5-3-1-2-4-6-14/h7-10,14H,1-6,11H2,(H,21,26). The van der Waals surface area contributed by atoms with Crippen molar-refractivity contribution in [1.29, 1.82) is 0 Å². The average Bonchev–Trinajstić information content (AvgIpc) is 2.90. The van der Waals surface area contributed by atoms with Crippen LogP contribution in [0.1, 0.15) is 44.1 Å². The number of benzene rings is 1. The van der Waals surface area contributed by atoms with Gasteiger partial charge in [-0.3, -0.25) is 4.79 Å². The summed E-state index contributed by atoms with van der Waals surface area (Å²) < 4.78 is 37.8. The van der Waals surface area contributed by atoms with Crippen LogP contribution in [-0.4, -0.2) is 32.2 Å². The molecule has 6 nitrogen and oxygen atoms in total. The summed E-state index contributed by atoms with van der Waals surface area (Å²) in [7, 11) is 0. The van der Waals surface area contributed by atoms with E-state index in [1.165, 1.54) is 25.0 Å². The number of halogens is 3. The van der Waals surface area contributed by atoms with E-state index in [2.05, 4.69) is 20.7 Å². The van der Waals surface area contributed by atoms with Gasteiger partial charge >= 0.3 is 6.18 Å². The number of alkyl halides is 3. The van der Waals surface area contributed by atoms with E-state index in [1.54, 1.807) is 0 Å². The van der Waals surface area contributed by atoms with Crippen LogP contribution in [0.3, 0.4) is 0 Å². The number of nitrogens with zero attached hydrogens (tertiary/aromatic N) is 4. The summed E-state index contributed by atoms with van der Waals surface area (Å²) in [5.74, 6) is -0.00531. The Bertz CT molecular complexity index is 734. The highest BCUT2D eigenvalue weighted by Gasteiger charge is 2.30. The van der Waals surface area contributed by atoms with Crippen LogP contribution in [0.2, 0.25) is 0 Å². The third-order valence-corrected chi connectivity index (χ3v) is 4.43. The van der Waals surface area contributed by atoms with E-state index in [0.29, 0.717) is 5.56 Å². The van der Waals surface area contributed by atoms with E-state index in [0.717, 1.165) is 42.6 Å². The molecule has 0 aliphatic heterocycles. The van der Waals surface area contributed by atoms with Gasteiger partial charge in [0.25, 0.3) is 0 Å². The summed E-state index contributed by atoms with van der Waals surface area (Å²) >= 11 is 0. The molecule has 0 atom stereocenters. The lowest BCUT2D eigenvalue weighted by molar-refractivity contribution is -0.137. The Balaban J connectivity index is 1.59. The number of nitrogens with one attached hydrogen (secondary N) is 1. The molecule has 1 fully saturated rings. The molecule has 1 amide bonds. The third kappa shape index (κ3) is 4.80. The smallest absolute Gasteiger partial charge is 0.352 e. The van der Waals surface area contributed by atoms with Crippen LogP contribution in [0, 0.1) is 0 Å². The molecule has 1 heterocycles. The normalized spacial score (nSPS) is 16.3. The molecule has 3 rings (SSSR count). The fraction of sp³-hybridized carbons (Fsp3) is 0.529. The maximum atomic E-state index is 12.6. The lowest BCUT2D eigenvalue weighted by Crippen LogP contribution is -2.37. The molecule has 1 aliphatic carbocycles. The SMILES string of the molecule is O=C(Cn1nnc(-c2ccc(C(F)(F)F)cc2)n1)NC1CCCCCC1. The highest BCUT2D eigenvalue weighted by molar-refractivity contribution is 5.75. The van der Waals surface area contributed by atoms with Crippen LogP contribution < -0.4 is 5.32 Å². The van der Waals surface area contributed by atoms with Gasteiger partial charge in [0.05, 0.1) is 5.56 Å². The first kappa shape index (κ1) is 18.3. The topological polar surface area (TPSA) is 72.7 Å². The van der Waals surface area contributed by atoms with Gasteiger partial charge in [-0.15, -0.1) is 10.2 Å². The van der Waals surface area contributed by atoms with Gasteiger partial charge in [-0.2, -0.15) is 18.0 Å². The first-order valence-electron chi connectivity index (χ1n) is 8.66. The van der Waals surface area contributed by atoms with Crippen LogP contribution in [-0.2, 0) is 17.5 Å². The molecule has 1 N–H and O–H groups in total. The third-order valence-electron chi connectivity index (χ3n) is 4.43. The van der Waals surface area contributed by atoms with E-state index in [1.807, 2.05) is 0 Å². The molecule has 0 spiro atoms. The monoisotopic (exact) mass is 367 g/mol. The summed E-state index contributed by atoms with van der Waals surface area (Å²) in [6, 6.07) is 4.69. The first-order chi connectivity index (χ1) is 12.4. The quantitative estimate of drug-likeness (QED) is 0.843. The van der Waals surface area contributed by atoms with Crippen molar-refractivity contribution in [3.8, 4) is 11.4 Å². The van der Waals surface area contributed by atoms with Crippen molar-refractivity contribution >= 4 is 5.91 Å². The fourth-order valence-electron chi connectivity index (χ4n) is 3.06.